The standard InChI is InChI=1S/C21H24ClN3O2/c22-18-11-4-5-12-19(18)23-14-20(26)24-17-10-6-7-15(13-17)21(27)25-16-8-2-1-3-9-16/h4-7,10-13,16,23H,1-3,8-9,14H2,(H,24,26)(H,25,27). The van der Waals surface area contributed by atoms with Crippen LogP contribution in [0.25, 0.3) is 0 Å². The Balaban J connectivity index is 1.54. The van der Waals surface area contributed by atoms with E-state index in [2.05, 4.69) is 16.0 Å². The monoisotopic (exact) mass is 385 g/mol. The molecule has 0 atom stereocenters. The third-order valence-corrected chi connectivity index (χ3v) is 4.99. The average molecular weight is 386 g/mol. The maximum Gasteiger partial charge on any atom is 0.251 e. The smallest absolute Gasteiger partial charge is 0.251 e. The van der Waals surface area contributed by atoms with E-state index in [0.29, 0.717) is 22.0 Å². The van der Waals surface area contributed by atoms with Gasteiger partial charge in [-0.25, -0.2) is 0 Å². The second-order valence-electron chi connectivity index (χ2n) is 6.77. The van der Waals surface area contributed by atoms with E-state index in [-0.39, 0.29) is 24.4 Å². The van der Waals surface area contributed by atoms with Crippen LogP contribution in [0.2, 0.25) is 5.02 Å². The topological polar surface area (TPSA) is 70.2 Å². The van der Waals surface area contributed by atoms with Gasteiger partial charge < -0.3 is 16.0 Å². The van der Waals surface area contributed by atoms with Gasteiger partial charge in [0, 0.05) is 17.3 Å². The van der Waals surface area contributed by atoms with Crippen LogP contribution in [0.5, 0.6) is 0 Å². The van der Waals surface area contributed by atoms with Crippen molar-refractivity contribution in [3.8, 4) is 0 Å². The summed E-state index contributed by atoms with van der Waals surface area (Å²) in [6.07, 6.45) is 5.65. The van der Waals surface area contributed by atoms with Crippen molar-refractivity contribution in [3.63, 3.8) is 0 Å². The van der Waals surface area contributed by atoms with Crippen molar-refractivity contribution < 1.29 is 9.59 Å². The Morgan fingerprint density at radius 2 is 1.78 bits per heavy atom. The lowest BCUT2D eigenvalue weighted by atomic mass is 9.95. The maximum atomic E-state index is 12.4. The highest BCUT2D eigenvalue weighted by Gasteiger charge is 2.17. The lowest BCUT2D eigenvalue weighted by Crippen LogP contribution is -2.36. The molecule has 1 saturated carbocycles. The molecule has 2 aromatic rings. The van der Waals surface area contributed by atoms with Gasteiger partial charge in [0.1, 0.15) is 0 Å². The Bertz CT molecular complexity index is 804. The first-order valence-corrected chi connectivity index (χ1v) is 9.69. The van der Waals surface area contributed by atoms with Gasteiger partial charge in [-0.15, -0.1) is 0 Å². The fourth-order valence-corrected chi connectivity index (χ4v) is 3.44. The molecule has 0 radical (unpaired) electrons. The number of benzene rings is 2. The molecule has 1 fully saturated rings. The van der Waals surface area contributed by atoms with Gasteiger partial charge in [-0.3, -0.25) is 9.59 Å². The Morgan fingerprint density at radius 3 is 2.56 bits per heavy atom. The number of hydrogen-bond donors (Lipinski definition) is 3. The summed E-state index contributed by atoms with van der Waals surface area (Å²) < 4.78 is 0. The van der Waals surface area contributed by atoms with E-state index in [0.717, 1.165) is 12.8 Å². The van der Waals surface area contributed by atoms with Gasteiger partial charge in [0.2, 0.25) is 5.91 Å². The number of amides is 2. The van der Waals surface area contributed by atoms with Gasteiger partial charge in [0.05, 0.1) is 17.3 Å². The second kappa shape index (κ2) is 9.42. The highest BCUT2D eigenvalue weighted by molar-refractivity contribution is 6.33. The summed E-state index contributed by atoms with van der Waals surface area (Å²) in [6.45, 7) is 0.0855. The fourth-order valence-electron chi connectivity index (χ4n) is 3.24. The van der Waals surface area contributed by atoms with E-state index in [9.17, 15) is 9.59 Å². The van der Waals surface area contributed by atoms with E-state index in [1.54, 1.807) is 30.3 Å². The van der Waals surface area contributed by atoms with Crippen molar-refractivity contribution in [3.05, 3.63) is 59.1 Å². The summed E-state index contributed by atoms with van der Waals surface area (Å²) >= 11 is 6.06. The molecule has 5 nitrogen and oxygen atoms in total. The van der Waals surface area contributed by atoms with Crippen molar-refractivity contribution in [1.82, 2.24) is 5.32 Å². The first-order chi connectivity index (χ1) is 13.1. The molecule has 0 spiro atoms. The lowest BCUT2D eigenvalue weighted by Gasteiger charge is -2.22. The first kappa shape index (κ1) is 19.2. The van der Waals surface area contributed by atoms with Gasteiger partial charge in [-0.05, 0) is 43.2 Å². The van der Waals surface area contributed by atoms with Gasteiger partial charge >= 0.3 is 0 Å². The molecule has 0 aromatic heterocycles. The minimum absolute atomic E-state index is 0.0855. The van der Waals surface area contributed by atoms with Crippen LogP contribution in [0.4, 0.5) is 11.4 Å². The van der Waals surface area contributed by atoms with E-state index in [4.69, 9.17) is 11.6 Å². The summed E-state index contributed by atoms with van der Waals surface area (Å²) in [5.41, 5.74) is 1.85. The molecular formula is C21H24ClN3O2. The van der Waals surface area contributed by atoms with Crippen LogP contribution in [0, 0.1) is 0 Å². The average Bonchev–Trinajstić information content (AvgIpc) is 2.68. The predicted molar refractivity (Wildman–Crippen MR) is 109 cm³/mol. The van der Waals surface area contributed by atoms with E-state index in [1.807, 2.05) is 18.2 Å². The number of carbonyl (C=O) groups excluding carboxylic acids is 2. The zero-order chi connectivity index (χ0) is 19.1. The van der Waals surface area contributed by atoms with E-state index < -0.39 is 0 Å². The summed E-state index contributed by atoms with van der Waals surface area (Å²) in [5.74, 6) is -0.299. The third-order valence-electron chi connectivity index (χ3n) is 4.66. The molecule has 27 heavy (non-hydrogen) atoms. The number of nitrogens with one attached hydrogen (secondary N) is 3. The zero-order valence-corrected chi connectivity index (χ0v) is 15.9. The van der Waals surface area contributed by atoms with Crippen molar-refractivity contribution in [2.45, 2.75) is 38.1 Å². The Hall–Kier alpha value is -2.53. The summed E-state index contributed by atoms with van der Waals surface area (Å²) in [4.78, 5) is 24.6. The lowest BCUT2D eigenvalue weighted by molar-refractivity contribution is -0.114. The molecule has 0 heterocycles. The molecule has 0 aliphatic heterocycles. The van der Waals surface area contributed by atoms with E-state index in [1.165, 1.54) is 19.3 Å². The van der Waals surface area contributed by atoms with Crippen LogP contribution in [0.1, 0.15) is 42.5 Å². The molecular weight excluding hydrogens is 362 g/mol. The number of halogens is 1. The molecule has 2 aromatic carbocycles. The minimum atomic E-state index is -0.209. The molecule has 1 aliphatic rings. The molecule has 0 saturated heterocycles. The van der Waals surface area contributed by atoms with E-state index >= 15 is 0 Å². The van der Waals surface area contributed by atoms with Crippen LogP contribution >= 0.6 is 11.6 Å². The molecule has 1 aliphatic carbocycles. The number of para-hydroxylation sites is 1. The first-order valence-electron chi connectivity index (χ1n) is 9.31. The van der Waals surface area contributed by atoms with Crippen LogP contribution in [-0.4, -0.2) is 24.4 Å². The second-order valence-corrected chi connectivity index (χ2v) is 7.18. The Kier molecular flexibility index (Phi) is 6.71. The van der Waals surface area contributed by atoms with Gasteiger partial charge in [-0.2, -0.15) is 0 Å². The molecule has 2 amide bonds. The quantitative estimate of drug-likeness (QED) is 0.687. The van der Waals surface area contributed by atoms with Crippen LogP contribution in [-0.2, 0) is 4.79 Å². The number of hydrogen-bond acceptors (Lipinski definition) is 3. The van der Waals surface area contributed by atoms with Gasteiger partial charge in [0.25, 0.3) is 5.91 Å². The van der Waals surface area contributed by atoms with Crippen LogP contribution in [0.15, 0.2) is 48.5 Å². The summed E-state index contributed by atoms with van der Waals surface area (Å²) in [6, 6.07) is 14.5. The molecule has 0 unspecified atom stereocenters. The van der Waals surface area contributed by atoms with Crippen molar-refractivity contribution in [2.75, 3.05) is 17.2 Å². The van der Waals surface area contributed by atoms with Gasteiger partial charge in [0.15, 0.2) is 0 Å². The minimum Gasteiger partial charge on any atom is -0.375 e. The molecule has 6 heteroatoms. The summed E-state index contributed by atoms with van der Waals surface area (Å²) in [5, 5.41) is 9.46. The highest BCUT2D eigenvalue weighted by Crippen LogP contribution is 2.20. The van der Waals surface area contributed by atoms with Crippen molar-refractivity contribution in [2.24, 2.45) is 0 Å². The SMILES string of the molecule is O=C(CNc1ccccc1Cl)Nc1cccc(C(=O)NC2CCCCC2)c1. The number of rotatable bonds is 6. The number of carbonyl (C=O) groups is 2. The third kappa shape index (κ3) is 5.73. The Labute approximate surface area is 164 Å². The molecule has 0 bridgehead atoms. The maximum absolute atomic E-state index is 12.4. The molecule has 142 valence electrons. The molecule has 3 rings (SSSR count). The van der Waals surface area contributed by atoms with Crippen molar-refractivity contribution >= 4 is 34.8 Å². The van der Waals surface area contributed by atoms with Gasteiger partial charge in [-0.1, -0.05) is 49.1 Å². The van der Waals surface area contributed by atoms with Crippen molar-refractivity contribution in [1.29, 1.82) is 0 Å². The van der Waals surface area contributed by atoms with Crippen LogP contribution < -0.4 is 16.0 Å². The predicted octanol–water partition coefficient (Wildman–Crippen LogP) is 4.45. The number of anilines is 2. The highest BCUT2D eigenvalue weighted by atomic mass is 35.5. The zero-order valence-electron chi connectivity index (χ0n) is 15.1. The largest absolute Gasteiger partial charge is 0.375 e. The summed E-state index contributed by atoms with van der Waals surface area (Å²) in [7, 11) is 0. The van der Waals surface area contributed by atoms with Crippen LogP contribution in [0.3, 0.4) is 0 Å². The fraction of sp³-hybridized carbons (Fsp3) is 0.333. The normalized spacial score (nSPS) is 14.4. The Morgan fingerprint density at radius 1 is 1.00 bits per heavy atom. The molecule has 3 N–H and O–H groups in total.